The third-order valence-electron chi connectivity index (χ3n) is 6.40. The van der Waals surface area contributed by atoms with E-state index in [0.717, 1.165) is 0 Å². The highest BCUT2D eigenvalue weighted by Crippen LogP contribution is 2.57. The Balaban J connectivity index is 1.87. The Bertz CT molecular complexity index is 1490. The number of aromatic nitrogens is 2. The van der Waals surface area contributed by atoms with Crippen molar-refractivity contribution in [1.29, 1.82) is 5.26 Å². The molecule has 11 heteroatoms. The summed E-state index contributed by atoms with van der Waals surface area (Å²) in [5, 5.41) is 17.5. The molecule has 0 fully saturated rings. The molecule has 2 aromatic carbocycles. The maximum Gasteiger partial charge on any atom is 0.325 e. The van der Waals surface area contributed by atoms with Crippen LogP contribution < -0.4 is 24.8 Å². The number of hydrogen-bond donors (Lipinski definition) is 2. The van der Waals surface area contributed by atoms with Gasteiger partial charge in [0.25, 0.3) is 0 Å². The van der Waals surface area contributed by atoms with Gasteiger partial charge in [-0.2, -0.15) is 5.26 Å². The Kier molecular flexibility index (Phi) is 5.29. The van der Waals surface area contributed by atoms with Crippen molar-refractivity contribution in [2.75, 3.05) is 32.8 Å². The lowest BCUT2D eigenvalue weighted by Crippen LogP contribution is -2.47. The molecule has 3 heterocycles. The largest absolute Gasteiger partial charge is 0.497 e. The lowest BCUT2D eigenvalue weighted by Gasteiger charge is -2.32. The molecule has 2 aliphatic heterocycles. The Morgan fingerprint density at radius 3 is 2.69 bits per heavy atom. The van der Waals surface area contributed by atoms with E-state index in [9.17, 15) is 14.9 Å². The van der Waals surface area contributed by atoms with Crippen LogP contribution in [0.15, 0.2) is 53.9 Å². The van der Waals surface area contributed by atoms with Gasteiger partial charge in [0.1, 0.15) is 35.1 Å². The number of rotatable bonds is 5. The van der Waals surface area contributed by atoms with E-state index in [0.29, 0.717) is 34.0 Å². The molecule has 0 aliphatic carbocycles. The highest BCUT2D eigenvalue weighted by Gasteiger charge is 2.61. The lowest BCUT2D eigenvalue weighted by atomic mass is 9.68. The molecule has 182 valence electrons. The van der Waals surface area contributed by atoms with Gasteiger partial charge in [-0.1, -0.05) is 18.2 Å². The number of amides is 1. The first kappa shape index (κ1) is 22.8. The van der Waals surface area contributed by atoms with Crippen LogP contribution in [0.4, 0.5) is 5.69 Å². The van der Waals surface area contributed by atoms with Gasteiger partial charge in [-0.05, 0) is 24.3 Å². The number of esters is 1. The molecule has 0 saturated heterocycles. The Morgan fingerprint density at radius 2 is 2.00 bits per heavy atom. The maximum atomic E-state index is 14.4. The predicted molar refractivity (Wildman–Crippen MR) is 126 cm³/mol. The molecular formula is C25H21N5O6. The van der Waals surface area contributed by atoms with E-state index >= 15 is 0 Å². The topological polar surface area (TPSA) is 153 Å². The second-order valence-electron chi connectivity index (χ2n) is 8.03. The average molecular weight is 487 g/mol. The molecule has 11 nitrogen and oxygen atoms in total. The molecule has 1 spiro atoms. The van der Waals surface area contributed by atoms with E-state index in [1.807, 2.05) is 0 Å². The molecule has 2 aliphatic rings. The Morgan fingerprint density at radius 1 is 1.22 bits per heavy atom. The zero-order chi connectivity index (χ0) is 25.6. The zero-order valence-electron chi connectivity index (χ0n) is 19.6. The number of para-hydroxylation sites is 1. The van der Waals surface area contributed by atoms with Gasteiger partial charge in [0, 0.05) is 16.8 Å². The second kappa shape index (κ2) is 8.35. The molecule has 1 aromatic heterocycles. The predicted octanol–water partition coefficient (Wildman–Crippen LogP) is 1.99. The number of carbonyl (C=O) groups is 2. The van der Waals surface area contributed by atoms with E-state index < -0.39 is 17.3 Å². The summed E-state index contributed by atoms with van der Waals surface area (Å²) < 4.78 is 21.5. The molecule has 3 aromatic rings. The first-order chi connectivity index (χ1) is 17.4. The van der Waals surface area contributed by atoms with Crippen molar-refractivity contribution >= 4 is 17.6 Å². The summed E-state index contributed by atoms with van der Waals surface area (Å²) in [6.07, 6.45) is 0. The molecule has 1 amide bonds. The van der Waals surface area contributed by atoms with Crippen molar-refractivity contribution in [3.05, 3.63) is 65.0 Å². The van der Waals surface area contributed by atoms with Gasteiger partial charge in [0.15, 0.2) is 0 Å². The minimum absolute atomic E-state index is 0.0226. The van der Waals surface area contributed by atoms with Crippen molar-refractivity contribution < 1.29 is 28.5 Å². The van der Waals surface area contributed by atoms with Crippen molar-refractivity contribution in [2.45, 2.75) is 5.41 Å². The van der Waals surface area contributed by atoms with Gasteiger partial charge in [0.05, 0.1) is 32.6 Å². The quantitative estimate of drug-likeness (QED) is 0.514. The molecule has 3 N–H and O–H groups in total. The van der Waals surface area contributed by atoms with Crippen LogP contribution in [0.3, 0.4) is 0 Å². The minimum Gasteiger partial charge on any atom is -0.497 e. The summed E-state index contributed by atoms with van der Waals surface area (Å²) in [4.78, 5) is 27.9. The lowest BCUT2D eigenvalue weighted by molar-refractivity contribution is -0.140. The summed E-state index contributed by atoms with van der Waals surface area (Å²) in [6, 6.07) is 14.1. The number of nitrogens with one attached hydrogen (secondary N) is 1. The second-order valence-corrected chi connectivity index (χ2v) is 8.03. The number of nitrogens with zero attached hydrogens (tertiary/aromatic N) is 3. The van der Waals surface area contributed by atoms with Gasteiger partial charge in [-0.25, -0.2) is 0 Å². The van der Waals surface area contributed by atoms with Gasteiger partial charge < -0.3 is 24.7 Å². The zero-order valence-corrected chi connectivity index (χ0v) is 19.6. The number of hydrogen-bond acceptors (Lipinski definition) is 9. The molecular weight excluding hydrogens is 466 g/mol. The fraction of sp³-hybridized carbons (Fsp3) is 0.200. The fourth-order valence-corrected chi connectivity index (χ4v) is 4.84. The fourth-order valence-electron chi connectivity index (χ4n) is 4.84. The first-order valence-electron chi connectivity index (χ1n) is 10.8. The standard InChI is InChI=1S/C25H21N5O6/c1-33-13-8-9-18(34-2)14(10-13)21-20-23(29-28-21)36-22(27)16(11-26)25(20)15-6-4-5-7-17(15)30(24(25)32)12-19(31)35-3/h4-10H,12,27H2,1-3H3,(H,28,29)/t25-/m0/s1. The van der Waals surface area contributed by atoms with Crippen LogP contribution in [-0.2, 0) is 19.7 Å². The number of methoxy groups -OCH3 is 3. The van der Waals surface area contributed by atoms with Crippen LogP contribution in [0.25, 0.3) is 11.3 Å². The molecule has 1 atom stereocenters. The molecule has 0 bridgehead atoms. The van der Waals surface area contributed by atoms with Crippen molar-refractivity contribution in [3.63, 3.8) is 0 Å². The van der Waals surface area contributed by atoms with Crippen molar-refractivity contribution in [2.24, 2.45) is 5.73 Å². The van der Waals surface area contributed by atoms with Crippen molar-refractivity contribution in [3.8, 4) is 34.7 Å². The summed E-state index contributed by atoms with van der Waals surface area (Å²) in [6.45, 7) is -0.363. The van der Waals surface area contributed by atoms with Crippen molar-refractivity contribution in [1.82, 2.24) is 10.2 Å². The van der Waals surface area contributed by atoms with Crippen LogP contribution in [-0.4, -0.2) is 49.9 Å². The van der Waals surface area contributed by atoms with Crippen LogP contribution in [0, 0.1) is 11.3 Å². The van der Waals surface area contributed by atoms with Gasteiger partial charge >= 0.3 is 5.97 Å². The van der Waals surface area contributed by atoms with Gasteiger partial charge in [0.2, 0.25) is 17.7 Å². The molecule has 0 radical (unpaired) electrons. The Labute approximate surface area is 205 Å². The smallest absolute Gasteiger partial charge is 0.325 e. The van der Waals surface area contributed by atoms with E-state index in [1.54, 1.807) is 42.5 Å². The molecule has 0 unspecified atom stereocenters. The average Bonchev–Trinajstić information content (AvgIpc) is 3.42. The van der Waals surface area contributed by atoms with Crippen LogP contribution in [0.5, 0.6) is 17.4 Å². The van der Waals surface area contributed by atoms with E-state index in [4.69, 9.17) is 24.7 Å². The van der Waals surface area contributed by atoms with Gasteiger partial charge in [-0.3, -0.25) is 19.6 Å². The van der Waals surface area contributed by atoms with Crippen LogP contribution >= 0.6 is 0 Å². The van der Waals surface area contributed by atoms with E-state index in [-0.39, 0.29) is 29.4 Å². The number of nitriles is 1. The summed E-state index contributed by atoms with van der Waals surface area (Å²) in [5.41, 5.74) is 6.35. The number of fused-ring (bicyclic) bond motifs is 4. The Hall–Kier alpha value is -4.98. The number of benzene rings is 2. The first-order valence-corrected chi connectivity index (χ1v) is 10.8. The number of H-pyrrole nitrogens is 1. The number of aromatic amines is 1. The monoisotopic (exact) mass is 487 g/mol. The van der Waals surface area contributed by atoms with Crippen LogP contribution in [0.2, 0.25) is 0 Å². The van der Waals surface area contributed by atoms with E-state index in [1.165, 1.54) is 26.2 Å². The number of anilines is 1. The highest BCUT2D eigenvalue weighted by atomic mass is 16.5. The summed E-state index contributed by atoms with van der Waals surface area (Å²) >= 11 is 0. The van der Waals surface area contributed by atoms with Crippen LogP contribution in [0.1, 0.15) is 11.1 Å². The number of carbonyl (C=O) groups excluding carboxylic acids is 2. The summed E-state index contributed by atoms with van der Waals surface area (Å²) in [5.74, 6) is -0.440. The third-order valence-corrected chi connectivity index (χ3v) is 6.40. The van der Waals surface area contributed by atoms with Gasteiger partial charge in [-0.15, -0.1) is 5.10 Å². The SMILES string of the molecule is COC(=O)CN1C(=O)[C@]2(C(C#N)=C(N)Oc3n[nH]c(-c4cc(OC)ccc4OC)c32)c2ccccc21. The normalized spacial score (nSPS) is 17.8. The molecule has 36 heavy (non-hydrogen) atoms. The maximum absolute atomic E-state index is 14.4. The summed E-state index contributed by atoms with van der Waals surface area (Å²) in [7, 11) is 4.27. The third kappa shape index (κ3) is 2.94. The van der Waals surface area contributed by atoms with E-state index in [2.05, 4.69) is 16.3 Å². The highest BCUT2D eigenvalue weighted by molar-refractivity contribution is 6.16. The molecule has 5 rings (SSSR count). The molecule has 0 saturated carbocycles. The number of nitrogens with two attached hydrogens (primary N) is 1. The minimum atomic E-state index is -1.74. The number of ether oxygens (including phenoxy) is 4.